The minimum atomic E-state index is -3.07. The number of fused-ring (bicyclic) bond motifs is 1. The number of carbonyl (C=O) groups excluding carboxylic acids is 1. The number of benzene rings is 1. The lowest BCUT2D eigenvalue weighted by Gasteiger charge is -2.09. The van der Waals surface area contributed by atoms with Crippen molar-refractivity contribution in [1.82, 2.24) is 0 Å². The molecular weight excluding hydrogens is 238 g/mol. The van der Waals surface area contributed by atoms with E-state index in [-0.39, 0.29) is 5.75 Å². The van der Waals surface area contributed by atoms with Crippen molar-refractivity contribution in [3.05, 3.63) is 29.3 Å². The Balaban J connectivity index is 2.10. The zero-order chi connectivity index (χ0) is 12.1. The highest BCUT2D eigenvalue weighted by atomic mass is 32.2. The van der Waals surface area contributed by atoms with E-state index in [2.05, 4.69) is 4.99 Å². The lowest BCUT2D eigenvalue weighted by atomic mass is 10.0. The molecule has 88 valence electrons. The van der Waals surface area contributed by atoms with Crippen molar-refractivity contribution in [3.63, 3.8) is 0 Å². The predicted molar refractivity (Wildman–Crippen MR) is 61.2 cm³/mol. The van der Waals surface area contributed by atoms with Gasteiger partial charge in [0.15, 0.2) is 9.84 Å². The second-order valence-electron chi connectivity index (χ2n) is 4.63. The Kier molecular flexibility index (Phi) is 2.06. The van der Waals surface area contributed by atoms with Gasteiger partial charge in [-0.15, -0.1) is 0 Å². The molecule has 1 fully saturated rings. The fourth-order valence-electron chi connectivity index (χ4n) is 2.39. The maximum atomic E-state index is 11.7. The van der Waals surface area contributed by atoms with Gasteiger partial charge in [-0.2, -0.15) is 4.99 Å². The molecule has 0 saturated heterocycles. The molecule has 17 heavy (non-hydrogen) atoms. The number of aryl methyl sites for hydroxylation is 1. The molecule has 5 heteroatoms. The van der Waals surface area contributed by atoms with Gasteiger partial charge in [-0.3, -0.25) is 0 Å². The predicted octanol–water partition coefficient (Wildman–Crippen LogP) is 1.34. The minimum Gasteiger partial charge on any atom is -0.224 e. The van der Waals surface area contributed by atoms with Gasteiger partial charge < -0.3 is 0 Å². The molecule has 4 nitrogen and oxygen atoms in total. The van der Waals surface area contributed by atoms with Crippen LogP contribution in [0, 0.1) is 0 Å². The van der Waals surface area contributed by atoms with Crippen molar-refractivity contribution < 1.29 is 13.2 Å². The molecule has 0 bridgehead atoms. The first-order valence-electron chi connectivity index (χ1n) is 5.53. The number of nitrogens with zero attached hydrogens (tertiary/aromatic N) is 1. The van der Waals surface area contributed by atoms with Crippen LogP contribution in [0.3, 0.4) is 0 Å². The molecule has 0 aromatic heterocycles. The van der Waals surface area contributed by atoms with Crippen molar-refractivity contribution in [2.45, 2.75) is 29.7 Å². The molecule has 0 spiro atoms. The quantitative estimate of drug-likeness (QED) is 0.587. The van der Waals surface area contributed by atoms with Crippen molar-refractivity contribution in [2.24, 2.45) is 4.99 Å². The molecular formula is C12H11NO3S. The number of isocyanates is 1. The fourth-order valence-corrected chi connectivity index (χ4v) is 3.94. The molecule has 0 amide bonds. The van der Waals surface area contributed by atoms with Gasteiger partial charge in [-0.25, -0.2) is 13.2 Å². The Morgan fingerprint density at radius 3 is 2.71 bits per heavy atom. The summed E-state index contributed by atoms with van der Waals surface area (Å²) < 4.78 is 23.3. The Morgan fingerprint density at radius 1 is 1.29 bits per heavy atom. The van der Waals surface area contributed by atoms with Crippen molar-refractivity contribution in [3.8, 4) is 0 Å². The number of aliphatic imine (C=N–C) groups is 1. The summed E-state index contributed by atoms with van der Waals surface area (Å²) in [5.41, 5.74) is 1.38. The SMILES string of the molecule is O=C=NC1(c2ccc3c(c2)CCS3(=O)=O)CC1. The average molecular weight is 249 g/mol. The van der Waals surface area contributed by atoms with Crippen LogP contribution in [0.1, 0.15) is 24.0 Å². The molecule has 3 rings (SSSR count). The van der Waals surface area contributed by atoms with Crippen LogP contribution < -0.4 is 0 Å². The fraction of sp³-hybridized carbons (Fsp3) is 0.417. The van der Waals surface area contributed by atoms with Crippen LogP contribution >= 0.6 is 0 Å². The second-order valence-corrected chi connectivity index (χ2v) is 6.70. The molecule has 0 unspecified atom stereocenters. The standard InChI is InChI=1S/C12H11NO3S/c14-8-13-12(4-5-12)10-1-2-11-9(7-10)3-6-17(11,15)16/h1-2,7H,3-6H2. The van der Waals surface area contributed by atoms with E-state index in [1.165, 1.54) is 0 Å². The van der Waals surface area contributed by atoms with E-state index in [0.29, 0.717) is 11.3 Å². The van der Waals surface area contributed by atoms with Crippen molar-refractivity contribution >= 4 is 15.9 Å². The summed E-state index contributed by atoms with van der Waals surface area (Å²) in [7, 11) is -3.07. The van der Waals surface area contributed by atoms with Crippen LogP contribution in [0.4, 0.5) is 0 Å². The van der Waals surface area contributed by atoms with Crippen molar-refractivity contribution in [1.29, 1.82) is 0 Å². The molecule has 1 heterocycles. The van der Waals surface area contributed by atoms with E-state index in [4.69, 9.17) is 0 Å². The third-order valence-electron chi connectivity index (χ3n) is 3.56. The largest absolute Gasteiger partial charge is 0.235 e. The van der Waals surface area contributed by atoms with Gasteiger partial charge in [0.25, 0.3) is 0 Å². The van der Waals surface area contributed by atoms with Crippen LogP contribution in [0.15, 0.2) is 28.1 Å². The normalized spacial score (nSPS) is 22.6. The summed E-state index contributed by atoms with van der Waals surface area (Å²) in [6.07, 6.45) is 3.85. The van der Waals surface area contributed by atoms with Crippen LogP contribution in [0.5, 0.6) is 0 Å². The topological polar surface area (TPSA) is 63.6 Å². The van der Waals surface area contributed by atoms with Crippen LogP contribution in [-0.2, 0) is 26.6 Å². The first-order valence-corrected chi connectivity index (χ1v) is 7.18. The van der Waals surface area contributed by atoms with Crippen LogP contribution in [0.2, 0.25) is 0 Å². The number of hydrogen-bond acceptors (Lipinski definition) is 4. The van der Waals surface area contributed by atoms with Gasteiger partial charge in [0.1, 0.15) is 0 Å². The zero-order valence-electron chi connectivity index (χ0n) is 9.14. The zero-order valence-corrected chi connectivity index (χ0v) is 9.96. The van der Waals surface area contributed by atoms with Crippen molar-refractivity contribution in [2.75, 3.05) is 5.75 Å². The molecule has 1 saturated carbocycles. The van der Waals surface area contributed by atoms with E-state index in [1.807, 2.05) is 6.07 Å². The number of hydrogen-bond donors (Lipinski definition) is 0. The monoisotopic (exact) mass is 249 g/mol. The van der Waals surface area contributed by atoms with Gasteiger partial charge in [-0.1, -0.05) is 12.1 Å². The molecule has 0 N–H and O–H groups in total. The number of sulfone groups is 1. The van der Waals surface area contributed by atoms with Crippen LogP contribution in [-0.4, -0.2) is 20.3 Å². The summed E-state index contributed by atoms with van der Waals surface area (Å²) in [6, 6.07) is 5.30. The molecule has 0 radical (unpaired) electrons. The summed E-state index contributed by atoms with van der Waals surface area (Å²) in [5.74, 6) is 0.190. The molecule has 1 aromatic rings. The van der Waals surface area contributed by atoms with Gasteiger partial charge in [-0.05, 0) is 36.5 Å². The second kappa shape index (κ2) is 3.28. The molecule has 1 aliphatic carbocycles. The Labute approximate surface area is 99.3 Å². The lowest BCUT2D eigenvalue weighted by Crippen LogP contribution is -2.03. The Bertz CT molecular complexity index is 638. The highest BCUT2D eigenvalue weighted by Crippen LogP contribution is 2.50. The molecule has 1 aliphatic heterocycles. The van der Waals surface area contributed by atoms with Gasteiger partial charge in [0, 0.05) is 0 Å². The maximum absolute atomic E-state index is 11.7. The highest BCUT2D eigenvalue weighted by molar-refractivity contribution is 7.91. The summed E-state index contributed by atoms with van der Waals surface area (Å²) in [4.78, 5) is 14.7. The van der Waals surface area contributed by atoms with E-state index in [1.54, 1.807) is 18.2 Å². The maximum Gasteiger partial charge on any atom is 0.235 e. The molecule has 0 atom stereocenters. The Hall–Kier alpha value is -1.45. The van der Waals surface area contributed by atoms with E-state index in [0.717, 1.165) is 24.0 Å². The smallest absolute Gasteiger partial charge is 0.224 e. The first kappa shape index (κ1) is 10.7. The van der Waals surface area contributed by atoms with Gasteiger partial charge in [0.05, 0.1) is 16.2 Å². The average Bonchev–Trinajstić information content (AvgIpc) is 3.01. The highest BCUT2D eigenvalue weighted by Gasteiger charge is 2.45. The van der Waals surface area contributed by atoms with Gasteiger partial charge >= 0.3 is 0 Å². The summed E-state index contributed by atoms with van der Waals surface area (Å²) >= 11 is 0. The van der Waals surface area contributed by atoms with Crippen LogP contribution in [0.25, 0.3) is 0 Å². The van der Waals surface area contributed by atoms with E-state index in [9.17, 15) is 13.2 Å². The third-order valence-corrected chi connectivity index (χ3v) is 5.37. The Morgan fingerprint density at radius 2 is 2.06 bits per heavy atom. The first-order chi connectivity index (χ1) is 8.07. The lowest BCUT2D eigenvalue weighted by molar-refractivity contribution is 0.556. The molecule has 2 aliphatic rings. The van der Waals surface area contributed by atoms with E-state index >= 15 is 0 Å². The van der Waals surface area contributed by atoms with Gasteiger partial charge in [0.2, 0.25) is 6.08 Å². The molecule has 1 aromatic carbocycles. The van der Waals surface area contributed by atoms with E-state index < -0.39 is 15.4 Å². The minimum absolute atomic E-state index is 0.190. The third kappa shape index (κ3) is 1.54. The number of rotatable bonds is 2. The summed E-state index contributed by atoms with van der Waals surface area (Å²) in [5, 5.41) is 0. The summed E-state index contributed by atoms with van der Waals surface area (Å²) in [6.45, 7) is 0.